The second-order valence-corrected chi connectivity index (χ2v) is 5.66. The molecule has 0 bridgehead atoms. The molecule has 9 heteroatoms. The number of aliphatic hydroxyl groups excluding tert-OH is 1. The fourth-order valence-electron chi connectivity index (χ4n) is 1.44. The Morgan fingerprint density at radius 2 is 1.94 bits per heavy atom. The minimum atomic E-state index is -4.81. The second-order valence-electron chi connectivity index (χ2n) is 3.37. The van der Waals surface area contributed by atoms with E-state index in [2.05, 4.69) is 15.9 Å². The van der Waals surface area contributed by atoms with Gasteiger partial charge in [-0.1, -0.05) is 0 Å². The van der Waals surface area contributed by atoms with E-state index >= 15 is 0 Å². The monoisotopic (exact) mass is 346 g/mol. The number of hydrogen-bond acceptors (Lipinski definition) is 6. The molecule has 18 heavy (non-hydrogen) atoms. The van der Waals surface area contributed by atoms with E-state index in [1.807, 2.05) is 0 Å². The summed E-state index contributed by atoms with van der Waals surface area (Å²) in [6.45, 7) is 0.705. The smallest absolute Gasteiger partial charge is 0.746 e. The maximum atomic E-state index is 10.7. The van der Waals surface area contributed by atoms with E-state index in [4.69, 9.17) is 9.47 Å². The molecule has 1 aliphatic rings. The van der Waals surface area contributed by atoms with E-state index in [0.29, 0.717) is 29.2 Å². The Balaban J connectivity index is 0.00000162. The molecular formula is C9H8BrNaO6S. The number of hydrogen-bond donors (Lipinski definition) is 1. The van der Waals surface area contributed by atoms with Crippen LogP contribution in [0.15, 0.2) is 16.6 Å². The third kappa shape index (κ3) is 3.38. The molecule has 6 nitrogen and oxygen atoms in total. The van der Waals surface area contributed by atoms with Crippen molar-refractivity contribution in [1.29, 1.82) is 0 Å². The Hall–Kier alpha value is 0.170. The van der Waals surface area contributed by atoms with Gasteiger partial charge in [-0.25, -0.2) is 8.42 Å². The van der Waals surface area contributed by atoms with Crippen LogP contribution >= 0.6 is 15.9 Å². The maximum absolute atomic E-state index is 10.7. The van der Waals surface area contributed by atoms with Crippen LogP contribution in [0.25, 0.3) is 0 Å². The average molecular weight is 347 g/mol. The summed E-state index contributed by atoms with van der Waals surface area (Å²) in [7, 11) is -4.81. The van der Waals surface area contributed by atoms with Crippen molar-refractivity contribution in [3.05, 3.63) is 22.2 Å². The van der Waals surface area contributed by atoms with Crippen molar-refractivity contribution in [3.8, 4) is 11.5 Å². The summed E-state index contributed by atoms with van der Waals surface area (Å²) in [6, 6.07) is 2.59. The maximum Gasteiger partial charge on any atom is 1.00 e. The molecule has 0 aliphatic carbocycles. The van der Waals surface area contributed by atoms with Crippen molar-refractivity contribution in [2.45, 2.75) is 5.44 Å². The minimum Gasteiger partial charge on any atom is -0.746 e. The Kier molecular flexibility index (Phi) is 5.48. The molecule has 1 N–H and O–H groups in total. The molecule has 0 fully saturated rings. The minimum absolute atomic E-state index is 0. The van der Waals surface area contributed by atoms with E-state index in [0.717, 1.165) is 0 Å². The molecule has 0 saturated heterocycles. The topological polar surface area (TPSA) is 95.9 Å². The number of rotatable bonds is 2. The molecule has 1 unspecified atom stereocenters. The van der Waals surface area contributed by atoms with Gasteiger partial charge in [-0.05, 0) is 33.6 Å². The molecule has 1 aromatic rings. The van der Waals surface area contributed by atoms with Gasteiger partial charge in [0.05, 0.1) is 4.47 Å². The summed E-state index contributed by atoms with van der Waals surface area (Å²) >= 11 is 3.15. The molecule has 0 amide bonds. The summed E-state index contributed by atoms with van der Waals surface area (Å²) in [4.78, 5) is 0. The summed E-state index contributed by atoms with van der Waals surface area (Å²) in [5, 5.41) is 9.37. The molecule has 1 atom stereocenters. The first-order valence-electron chi connectivity index (χ1n) is 4.61. The predicted octanol–water partition coefficient (Wildman–Crippen LogP) is -2.24. The van der Waals surface area contributed by atoms with Crippen LogP contribution in [0.1, 0.15) is 11.0 Å². The van der Waals surface area contributed by atoms with Gasteiger partial charge >= 0.3 is 29.6 Å². The fourth-order valence-corrected chi connectivity index (χ4v) is 2.48. The summed E-state index contributed by atoms with van der Waals surface area (Å²) in [6.07, 6.45) is 0. The van der Waals surface area contributed by atoms with Crippen molar-refractivity contribution in [2.24, 2.45) is 0 Å². The Bertz CT molecular complexity index is 546. The van der Waals surface area contributed by atoms with Gasteiger partial charge in [0.1, 0.15) is 23.3 Å². The van der Waals surface area contributed by atoms with E-state index < -0.39 is 15.6 Å². The van der Waals surface area contributed by atoms with Gasteiger partial charge < -0.3 is 19.1 Å². The van der Waals surface area contributed by atoms with Gasteiger partial charge in [0, 0.05) is 0 Å². The van der Waals surface area contributed by atoms with Gasteiger partial charge in [0.15, 0.2) is 16.9 Å². The van der Waals surface area contributed by atoms with Crippen LogP contribution in [-0.4, -0.2) is 31.3 Å². The molecule has 1 aromatic carbocycles. The van der Waals surface area contributed by atoms with Gasteiger partial charge in [-0.2, -0.15) is 0 Å². The van der Waals surface area contributed by atoms with E-state index in [1.54, 1.807) is 0 Å². The van der Waals surface area contributed by atoms with Crippen LogP contribution in [0.4, 0.5) is 0 Å². The first-order chi connectivity index (χ1) is 7.89. The second kappa shape index (κ2) is 6.08. The number of aliphatic hydroxyl groups is 1. The summed E-state index contributed by atoms with van der Waals surface area (Å²) in [5.41, 5.74) is -2.18. The van der Waals surface area contributed by atoms with Crippen molar-refractivity contribution in [3.63, 3.8) is 0 Å². The molecule has 0 aromatic heterocycles. The Morgan fingerprint density at radius 1 is 1.33 bits per heavy atom. The molecule has 0 radical (unpaired) electrons. The summed E-state index contributed by atoms with van der Waals surface area (Å²) in [5.74, 6) is 0.721. The van der Waals surface area contributed by atoms with Crippen molar-refractivity contribution < 1.29 is 57.1 Å². The SMILES string of the molecule is O=S(=O)([O-])C(O)c1cc(Br)c2c(c1)OCCO2.[Na+]. The third-order valence-corrected chi connectivity index (χ3v) is 3.59. The van der Waals surface area contributed by atoms with Crippen molar-refractivity contribution in [1.82, 2.24) is 0 Å². The van der Waals surface area contributed by atoms with E-state index in [9.17, 15) is 18.1 Å². The van der Waals surface area contributed by atoms with Crippen LogP contribution < -0.4 is 39.0 Å². The number of ether oxygens (including phenoxy) is 2. The van der Waals surface area contributed by atoms with Gasteiger partial charge in [0.25, 0.3) is 0 Å². The van der Waals surface area contributed by atoms with Crippen LogP contribution in [-0.2, 0) is 10.1 Å². The summed E-state index contributed by atoms with van der Waals surface area (Å²) < 4.78 is 43.1. The fraction of sp³-hybridized carbons (Fsp3) is 0.333. The Labute approximate surface area is 134 Å². The van der Waals surface area contributed by atoms with Crippen LogP contribution in [0.2, 0.25) is 0 Å². The van der Waals surface area contributed by atoms with E-state index in [1.165, 1.54) is 12.1 Å². The molecular weight excluding hydrogens is 339 g/mol. The first kappa shape index (κ1) is 16.2. The van der Waals surface area contributed by atoms with Gasteiger partial charge in [-0.15, -0.1) is 0 Å². The quantitative estimate of drug-likeness (QED) is 0.480. The normalized spacial score (nSPS) is 15.7. The number of fused-ring (bicyclic) bond motifs is 1. The van der Waals surface area contributed by atoms with Crippen molar-refractivity contribution >= 4 is 26.0 Å². The molecule has 0 spiro atoms. The predicted molar refractivity (Wildman–Crippen MR) is 59.8 cm³/mol. The number of halogens is 1. The molecule has 1 heterocycles. The standard InChI is InChI=1S/C9H9BrO6S.Na/c10-6-3-5(9(11)17(12,13)14)4-7-8(6)16-2-1-15-7;/h3-4,9,11H,1-2H2,(H,12,13,14);/q;+1/p-1. The van der Waals surface area contributed by atoms with Crippen molar-refractivity contribution in [2.75, 3.05) is 13.2 Å². The molecule has 1 aliphatic heterocycles. The largest absolute Gasteiger partial charge is 1.00 e. The Morgan fingerprint density at radius 3 is 2.56 bits per heavy atom. The number of benzene rings is 1. The zero-order valence-corrected chi connectivity index (χ0v) is 13.8. The molecule has 94 valence electrons. The van der Waals surface area contributed by atoms with Crippen LogP contribution in [0.5, 0.6) is 11.5 Å². The molecule has 0 saturated carbocycles. The molecule has 2 rings (SSSR count). The van der Waals surface area contributed by atoms with E-state index in [-0.39, 0.29) is 35.1 Å². The zero-order chi connectivity index (χ0) is 12.6. The zero-order valence-electron chi connectivity index (χ0n) is 9.42. The third-order valence-electron chi connectivity index (χ3n) is 2.18. The van der Waals surface area contributed by atoms with Crippen LogP contribution in [0, 0.1) is 0 Å². The average Bonchev–Trinajstić information content (AvgIpc) is 2.27. The van der Waals surface area contributed by atoms with Gasteiger partial charge in [-0.3, -0.25) is 0 Å². The van der Waals surface area contributed by atoms with Crippen LogP contribution in [0.3, 0.4) is 0 Å². The van der Waals surface area contributed by atoms with Gasteiger partial charge in [0.2, 0.25) is 0 Å². The first-order valence-corrected chi connectivity index (χ1v) is 6.88.